The molecule has 7 heteroatoms. The third kappa shape index (κ3) is 1.62. The molecule has 2 aromatic heterocycles. The number of halogens is 1. The summed E-state index contributed by atoms with van der Waals surface area (Å²) in [5, 5.41) is 18.9. The molecule has 0 saturated heterocycles. The van der Waals surface area contributed by atoms with Crippen molar-refractivity contribution in [2.24, 2.45) is 0 Å². The van der Waals surface area contributed by atoms with Crippen LogP contribution in [0.2, 0.25) is 0 Å². The number of fused-ring (bicyclic) bond motifs is 1. The zero-order chi connectivity index (χ0) is 12.9. The van der Waals surface area contributed by atoms with Crippen molar-refractivity contribution in [2.75, 3.05) is 12.3 Å². The van der Waals surface area contributed by atoms with E-state index in [0.717, 1.165) is 11.3 Å². The molecule has 96 valence electrons. The molecule has 1 aliphatic rings. The number of anilines is 1. The van der Waals surface area contributed by atoms with E-state index < -0.39 is 5.60 Å². The molecule has 1 aliphatic carbocycles. The second-order valence-electron chi connectivity index (χ2n) is 4.78. The molecule has 0 radical (unpaired) electrons. The van der Waals surface area contributed by atoms with Gasteiger partial charge in [0.05, 0.1) is 12.2 Å². The molecule has 1 fully saturated rings. The lowest BCUT2D eigenvalue weighted by Gasteiger charge is -2.41. The van der Waals surface area contributed by atoms with Crippen LogP contribution in [0.3, 0.4) is 0 Å². The van der Waals surface area contributed by atoms with Crippen LogP contribution in [0, 0.1) is 0 Å². The van der Waals surface area contributed by atoms with Crippen LogP contribution in [0.15, 0.2) is 17.0 Å². The Kier molecular flexibility index (Phi) is 2.58. The summed E-state index contributed by atoms with van der Waals surface area (Å²) in [5.74, 6) is 1.38. The summed E-state index contributed by atoms with van der Waals surface area (Å²) in [6, 6.07) is 0. The van der Waals surface area contributed by atoms with Gasteiger partial charge in [-0.25, -0.2) is 9.97 Å². The fourth-order valence-electron chi connectivity index (χ4n) is 2.50. The predicted molar refractivity (Wildman–Crippen MR) is 69.1 cm³/mol. The van der Waals surface area contributed by atoms with E-state index in [1.54, 1.807) is 12.4 Å². The highest BCUT2D eigenvalue weighted by atomic mass is 79.9. The number of aliphatic hydroxyl groups is 2. The second-order valence-corrected chi connectivity index (χ2v) is 5.53. The van der Waals surface area contributed by atoms with Gasteiger partial charge in [0.25, 0.3) is 0 Å². The van der Waals surface area contributed by atoms with Crippen molar-refractivity contribution in [3.63, 3.8) is 0 Å². The molecule has 18 heavy (non-hydrogen) atoms. The van der Waals surface area contributed by atoms with Crippen LogP contribution in [-0.4, -0.2) is 36.8 Å². The third-order valence-corrected chi connectivity index (χ3v) is 4.03. The van der Waals surface area contributed by atoms with Gasteiger partial charge in [0.1, 0.15) is 15.9 Å². The Morgan fingerprint density at radius 3 is 2.94 bits per heavy atom. The third-order valence-electron chi connectivity index (χ3n) is 3.48. The number of nitrogen functional groups attached to an aromatic ring is 1. The maximum atomic E-state index is 9.85. The first-order valence-electron chi connectivity index (χ1n) is 5.65. The quantitative estimate of drug-likeness (QED) is 0.757. The molecule has 0 spiro atoms. The van der Waals surface area contributed by atoms with Crippen LogP contribution in [0.1, 0.15) is 24.6 Å². The zero-order valence-electron chi connectivity index (χ0n) is 9.54. The summed E-state index contributed by atoms with van der Waals surface area (Å²) >= 11 is 3.37. The summed E-state index contributed by atoms with van der Waals surface area (Å²) in [6.45, 7) is -0.211. The maximum absolute atomic E-state index is 9.85. The standard InChI is InChI=1S/C11H13BrN4O2/c12-8-7-9(13)14-1-2-16(7)10(15-8)6-3-11(18,4-6)5-17/h1-2,6,17-18H,3-5H2,(H2,13,14). The molecule has 6 nitrogen and oxygen atoms in total. The summed E-state index contributed by atoms with van der Waals surface area (Å²) < 4.78 is 2.54. The lowest BCUT2D eigenvalue weighted by Crippen LogP contribution is -2.46. The molecular formula is C11H13BrN4O2. The molecule has 0 amide bonds. The SMILES string of the molecule is Nc1nccn2c(C3CC(O)(CO)C3)nc(Br)c12. The molecule has 2 aromatic rings. The van der Waals surface area contributed by atoms with Gasteiger partial charge in [-0.2, -0.15) is 0 Å². The van der Waals surface area contributed by atoms with Crippen molar-refractivity contribution >= 4 is 27.3 Å². The van der Waals surface area contributed by atoms with Crippen molar-refractivity contribution in [2.45, 2.75) is 24.4 Å². The van der Waals surface area contributed by atoms with Crippen molar-refractivity contribution in [1.82, 2.24) is 14.4 Å². The minimum atomic E-state index is -0.957. The zero-order valence-corrected chi connectivity index (χ0v) is 11.1. The van der Waals surface area contributed by atoms with Gasteiger partial charge in [-0.1, -0.05) is 0 Å². The summed E-state index contributed by atoms with van der Waals surface area (Å²) in [4.78, 5) is 8.47. The summed E-state index contributed by atoms with van der Waals surface area (Å²) in [6.07, 6.45) is 4.44. The van der Waals surface area contributed by atoms with Gasteiger partial charge in [-0.05, 0) is 28.8 Å². The summed E-state index contributed by atoms with van der Waals surface area (Å²) in [5.41, 5.74) is 5.60. The van der Waals surface area contributed by atoms with Crippen molar-refractivity contribution in [1.29, 1.82) is 0 Å². The number of hydrogen-bond donors (Lipinski definition) is 3. The minimum absolute atomic E-state index is 0.128. The Morgan fingerprint density at radius 2 is 2.28 bits per heavy atom. The van der Waals surface area contributed by atoms with E-state index in [1.165, 1.54) is 0 Å². The minimum Gasteiger partial charge on any atom is -0.393 e. The largest absolute Gasteiger partial charge is 0.393 e. The first-order chi connectivity index (χ1) is 8.54. The Balaban J connectivity index is 2.02. The van der Waals surface area contributed by atoms with E-state index >= 15 is 0 Å². The number of nitrogens with two attached hydrogens (primary N) is 1. The number of hydrogen-bond acceptors (Lipinski definition) is 5. The van der Waals surface area contributed by atoms with Crippen LogP contribution in [0.25, 0.3) is 5.52 Å². The number of rotatable bonds is 2. The van der Waals surface area contributed by atoms with E-state index in [0.29, 0.717) is 23.3 Å². The molecular weight excluding hydrogens is 300 g/mol. The summed E-state index contributed by atoms with van der Waals surface area (Å²) in [7, 11) is 0. The van der Waals surface area contributed by atoms with E-state index in [2.05, 4.69) is 25.9 Å². The van der Waals surface area contributed by atoms with Crippen molar-refractivity contribution in [3.8, 4) is 0 Å². The van der Waals surface area contributed by atoms with E-state index in [4.69, 9.17) is 10.8 Å². The molecule has 0 unspecified atom stereocenters. The average Bonchev–Trinajstić information content (AvgIpc) is 2.64. The monoisotopic (exact) mass is 312 g/mol. The second kappa shape index (κ2) is 3.91. The van der Waals surface area contributed by atoms with Crippen molar-refractivity contribution in [3.05, 3.63) is 22.8 Å². The predicted octanol–water partition coefficient (Wildman–Crippen LogP) is 0.675. The van der Waals surface area contributed by atoms with Gasteiger partial charge in [-0.3, -0.25) is 4.40 Å². The van der Waals surface area contributed by atoms with Crippen LogP contribution in [-0.2, 0) is 0 Å². The lowest BCUT2D eigenvalue weighted by molar-refractivity contribution is -0.0882. The fourth-order valence-corrected chi connectivity index (χ4v) is 3.08. The highest BCUT2D eigenvalue weighted by molar-refractivity contribution is 9.10. The first kappa shape index (κ1) is 11.9. The number of aromatic nitrogens is 3. The topological polar surface area (TPSA) is 96.7 Å². The van der Waals surface area contributed by atoms with Gasteiger partial charge in [0, 0.05) is 18.3 Å². The first-order valence-corrected chi connectivity index (χ1v) is 6.44. The molecule has 0 bridgehead atoms. The number of aliphatic hydroxyl groups excluding tert-OH is 1. The maximum Gasteiger partial charge on any atom is 0.150 e. The number of imidazole rings is 1. The van der Waals surface area contributed by atoms with Gasteiger partial charge in [-0.15, -0.1) is 0 Å². The van der Waals surface area contributed by atoms with Crippen LogP contribution < -0.4 is 5.73 Å². The highest BCUT2D eigenvalue weighted by Crippen LogP contribution is 2.44. The molecule has 0 atom stereocenters. The smallest absolute Gasteiger partial charge is 0.150 e. The Bertz CT molecular complexity index is 606. The van der Waals surface area contributed by atoms with Crippen molar-refractivity contribution < 1.29 is 10.2 Å². The molecule has 0 aliphatic heterocycles. The number of nitrogens with zero attached hydrogens (tertiary/aromatic N) is 3. The molecule has 0 aromatic carbocycles. The van der Waals surface area contributed by atoms with Crippen LogP contribution >= 0.6 is 15.9 Å². The van der Waals surface area contributed by atoms with E-state index in [9.17, 15) is 5.11 Å². The van der Waals surface area contributed by atoms with Crippen LogP contribution in [0.4, 0.5) is 5.82 Å². The Labute approximate surface area is 112 Å². The van der Waals surface area contributed by atoms with Gasteiger partial charge in [0.2, 0.25) is 0 Å². The van der Waals surface area contributed by atoms with Gasteiger partial charge < -0.3 is 15.9 Å². The Hall–Kier alpha value is -1.18. The lowest BCUT2D eigenvalue weighted by atomic mass is 9.71. The average molecular weight is 313 g/mol. The molecule has 1 saturated carbocycles. The van der Waals surface area contributed by atoms with E-state index in [-0.39, 0.29) is 12.5 Å². The highest BCUT2D eigenvalue weighted by Gasteiger charge is 2.44. The molecule has 3 rings (SSSR count). The molecule has 2 heterocycles. The van der Waals surface area contributed by atoms with Gasteiger partial charge in [0.15, 0.2) is 5.82 Å². The normalized spacial score (nSPS) is 27.4. The van der Waals surface area contributed by atoms with Crippen LogP contribution in [0.5, 0.6) is 0 Å². The fraction of sp³-hybridized carbons (Fsp3) is 0.455. The van der Waals surface area contributed by atoms with Gasteiger partial charge >= 0.3 is 0 Å². The molecule has 4 N–H and O–H groups in total. The Morgan fingerprint density at radius 1 is 1.56 bits per heavy atom. The van der Waals surface area contributed by atoms with E-state index in [1.807, 2.05) is 4.40 Å².